The summed E-state index contributed by atoms with van der Waals surface area (Å²) in [6, 6.07) is 18.2. The summed E-state index contributed by atoms with van der Waals surface area (Å²) in [5.41, 5.74) is 4.57. The molecule has 292 valence electrons. The highest BCUT2D eigenvalue weighted by atomic mass is 32.1. The summed E-state index contributed by atoms with van der Waals surface area (Å²) in [6.07, 6.45) is 4.02. The second-order valence-corrected chi connectivity index (χ2v) is 16.2. The minimum absolute atomic E-state index is 0.0397. The molecule has 2 aromatic heterocycles. The zero-order valence-corrected chi connectivity index (χ0v) is 33.3. The number of thiazole rings is 2. The molecule has 3 unspecified atom stereocenters. The number of ketones is 1. The minimum Gasteiger partial charge on any atom is -0.444 e. The third-order valence-corrected chi connectivity index (χ3v) is 11.5. The van der Waals surface area contributed by atoms with Gasteiger partial charge in [-0.15, -0.1) is 22.7 Å². The average Bonchev–Trinajstić information content (AvgIpc) is 3.94. The van der Waals surface area contributed by atoms with Gasteiger partial charge in [0.1, 0.15) is 6.61 Å². The largest absolute Gasteiger partial charge is 0.444 e. The van der Waals surface area contributed by atoms with Gasteiger partial charge in [-0.1, -0.05) is 74.5 Å². The topological polar surface area (TPSA) is 151 Å². The standard InChI is InChI=1S/C41H50N6O6S2/c1-28(2)39-43-33(26-54-39)24-46(3)40(51)45-35(18-19-47-37(49)16-17-38(47)50)36(48)22-31(20-29-10-6-4-7-11-29)14-15-32(21-30-12-8-5-9-13-30)44-41(52)53-25-34-23-42-27-55-34/h4-13,23,26-28,31-32,35H,14-22,24-25H2,1-3H3,(H,44,52)(H,45,51). The highest BCUT2D eigenvalue weighted by Gasteiger charge is 2.32. The molecule has 1 aliphatic heterocycles. The molecule has 0 spiro atoms. The molecule has 0 radical (unpaired) electrons. The Morgan fingerprint density at radius 3 is 2.18 bits per heavy atom. The number of carbonyl (C=O) groups excluding carboxylic acids is 5. The van der Waals surface area contributed by atoms with Gasteiger partial charge in [-0.3, -0.25) is 24.3 Å². The third-order valence-electron chi connectivity index (χ3n) is 9.55. The second kappa shape index (κ2) is 20.7. The van der Waals surface area contributed by atoms with Crippen LogP contribution in [-0.2, 0) is 45.1 Å². The van der Waals surface area contributed by atoms with Crippen molar-refractivity contribution in [3.63, 3.8) is 0 Å². The van der Waals surface area contributed by atoms with Crippen molar-refractivity contribution in [1.29, 1.82) is 0 Å². The molecule has 0 bridgehead atoms. The SMILES string of the molecule is CC(C)c1nc(CN(C)C(=O)NC(CCN2C(=O)CCC2=O)C(=O)CC(CCC(Cc2ccccc2)NC(=O)OCc2cncs2)Cc2ccccc2)cs1. The van der Waals surface area contributed by atoms with Crippen molar-refractivity contribution in [3.05, 3.63) is 104 Å². The number of aromatic nitrogens is 2. The number of hydrogen-bond acceptors (Lipinski definition) is 10. The Morgan fingerprint density at radius 1 is 0.891 bits per heavy atom. The molecule has 1 aliphatic rings. The van der Waals surface area contributed by atoms with Gasteiger partial charge in [0.15, 0.2) is 5.78 Å². The lowest BCUT2D eigenvalue weighted by Crippen LogP contribution is -2.48. The molecule has 1 fully saturated rings. The number of nitrogens with zero attached hydrogens (tertiary/aromatic N) is 4. The molecule has 12 nitrogen and oxygen atoms in total. The van der Waals surface area contributed by atoms with Gasteiger partial charge >= 0.3 is 12.1 Å². The van der Waals surface area contributed by atoms with Crippen molar-refractivity contribution in [2.45, 2.75) is 96.4 Å². The number of rotatable bonds is 20. The Kier molecular flexibility index (Phi) is 15.5. The summed E-state index contributed by atoms with van der Waals surface area (Å²) in [7, 11) is 1.65. The van der Waals surface area contributed by atoms with Gasteiger partial charge in [0, 0.05) is 56.4 Å². The van der Waals surface area contributed by atoms with Crippen molar-refractivity contribution in [3.8, 4) is 0 Å². The number of Topliss-reactive ketones (excluding diaryl/α,β-unsaturated/α-hetero) is 1. The predicted octanol–water partition coefficient (Wildman–Crippen LogP) is 6.91. The number of alkyl carbamates (subject to hydrolysis) is 1. The molecule has 55 heavy (non-hydrogen) atoms. The van der Waals surface area contributed by atoms with Crippen LogP contribution in [0.2, 0.25) is 0 Å². The van der Waals surface area contributed by atoms with Crippen molar-refractivity contribution < 1.29 is 28.7 Å². The summed E-state index contributed by atoms with van der Waals surface area (Å²) < 4.78 is 5.51. The van der Waals surface area contributed by atoms with Gasteiger partial charge in [-0.25, -0.2) is 14.6 Å². The number of hydrogen-bond donors (Lipinski definition) is 2. The van der Waals surface area contributed by atoms with Crippen LogP contribution in [0.4, 0.5) is 9.59 Å². The molecule has 5 amide bonds. The fourth-order valence-corrected chi connectivity index (χ4v) is 7.88. The second-order valence-electron chi connectivity index (χ2n) is 14.3. The summed E-state index contributed by atoms with van der Waals surface area (Å²) in [5, 5.41) is 8.89. The lowest BCUT2D eigenvalue weighted by Gasteiger charge is -2.26. The third kappa shape index (κ3) is 13.1. The molecule has 1 saturated heterocycles. The van der Waals surface area contributed by atoms with Gasteiger partial charge in [-0.2, -0.15) is 0 Å². The Balaban J connectivity index is 1.30. The van der Waals surface area contributed by atoms with Crippen LogP contribution in [0, 0.1) is 5.92 Å². The fourth-order valence-electron chi connectivity index (χ4n) is 6.55. The Labute approximate surface area is 330 Å². The number of urea groups is 1. The number of imide groups is 1. The first-order valence-electron chi connectivity index (χ1n) is 18.7. The van der Waals surface area contributed by atoms with Gasteiger partial charge in [0.25, 0.3) is 0 Å². The monoisotopic (exact) mass is 786 g/mol. The maximum absolute atomic E-state index is 14.3. The molecule has 3 heterocycles. The lowest BCUT2D eigenvalue weighted by molar-refractivity contribution is -0.139. The van der Waals surface area contributed by atoms with E-state index in [2.05, 4.69) is 34.4 Å². The van der Waals surface area contributed by atoms with Crippen LogP contribution in [0.15, 0.2) is 77.8 Å². The van der Waals surface area contributed by atoms with E-state index in [9.17, 15) is 24.0 Å². The molecule has 0 aliphatic carbocycles. The molecular weight excluding hydrogens is 737 g/mol. The first kappa shape index (κ1) is 41.2. The van der Waals surface area contributed by atoms with E-state index in [4.69, 9.17) is 4.74 Å². The number of carbonyl (C=O) groups is 5. The zero-order valence-electron chi connectivity index (χ0n) is 31.6. The molecule has 5 rings (SSSR count). The van der Waals surface area contributed by atoms with E-state index in [0.29, 0.717) is 25.7 Å². The van der Waals surface area contributed by atoms with Crippen LogP contribution in [-0.4, -0.2) is 75.2 Å². The van der Waals surface area contributed by atoms with Crippen LogP contribution in [0.25, 0.3) is 0 Å². The Hall–Kier alpha value is -4.95. The van der Waals surface area contributed by atoms with E-state index in [1.54, 1.807) is 30.1 Å². The highest BCUT2D eigenvalue weighted by molar-refractivity contribution is 7.09. The lowest BCUT2D eigenvalue weighted by atomic mass is 9.86. The summed E-state index contributed by atoms with van der Waals surface area (Å²) in [6.45, 7) is 4.56. The number of ether oxygens (including phenoxy) is 1. The Morgan fingerprint density at radius 2 is 1.56 bits per heavy atom. The maximum atomic E-state index is 14.3. The van der Waals surface area contributed by atoms with Crippen molar-refractivity contribution >= 4 is 52.4 Å². The van der Waals surface area contributed by atoms with Crippen LogP contribution >= 0.6 is 22.7 Å². The summed E-state index contributed by atoms with van der Waals surface area (Å²) in [4.78, 5) is 78.0. The van der Waals surface area contributed by atoms with E-state index in [1.807, 2.05) is 66.0 Å². The number of nitrogens with one attached hydrogen (secondary N) is 2. The fraction of sp³-hybridized carbons (Fsp3) is 0.439. The molecule has 14 heteroatoms. The van der Waals surface area contributed by atoms with Gasteiger partial charge in [-0.05, 0) is 49.1 Å². The van der Waals surface area contributed by atoms with Crippen molar-refractivity contribution in [2.75, 3.05) is 13.6 Å². The number of benzene rings is 2. The van der Waals surface area contributed by atoms with Gasteiger partial charge in [0.05, 0.1) is 33.7 Å². The average molecular weight is 787 g/mol. The van der Waals surface area contributed by atoms with Gasteiger partial charge in [0.2, 0.25) is 11.8 Å². The van der Waals surface area contributed by atoms with Crippen LogP contribution in [0.3, 0.4) is 0 Å². The van der Waals surface area contributed by atoms with Crippen molar-refractivity contribution in [1.82, 2.24) is 30.4 Å². The number of likely N-dealkylation sites (tertiary alicyclic amines) is 1. The van der Waals surface area contributed by atoms with E-state index in [-0.39, 0.29) is 80.9 Å². The first-order valence-corrected chi connectivity index (χ1v) is 20.5. The smallest absolute Gasteiger partial charge is 0.407 e. The first-order chi connectivity index (χ1) is 26.5. The Bertz CT molecular complexity index is 1840. The van der Waals surface area contributed by atoms with Crippen LogP contribution < -0.4 is 10.6 Å². The van der Waals surface area contributed by atoms with Gasteiger partial charge < -0.3 is 20.3 Å². The molecule has 3 atom stereocenters. The highest BCUT2D eigenvalue weighted by Crippen LogP contribution is 2.24. The molecule has 2 aromatic carbocycles. The normalized spacial score (nSPS) is 14.4. The quantitative estimate of drug-likeness (QED) is 0.0919. The van der Waals surface area contributed by atoms with Crippen LogP contribution in [0.1, 0.15) is 85.0 Å². The van der Waals surface area contributed by atoms with E-state index < -0.39 is 18.2 Å². The van der Waals surface area contributed by atoms with E-state index >= 15 is 0 Å². The molecular formula is C41H50N6O6S2. The van der Waals surface area contributed by atoms with E-state index in [0.717, 1.165) is 26.7 Å². The predicted molar refractivity (Wildman–Crippen MR) is 212 cm³/mol. The summed E-state index contributed by atoms with van der Waals surface area (Å²) in [5.74, 6) is -0.594. The molecule has 0 saturated carbocycles. The molecule has 2 N–H and O–H groups in total. The molecule has 4 aromatic rings. The van der Waals surface area contributed by atoms with Crippen LogP contribution in [0.5, 0.6) is 0 Å². The zero-order chi connectivity index (χ0) is 39.2. The minimum atomic E-state index is -0.934. The number of amides is 5. The van der Waals surface area contributed by atoms with E-state index in [1.165, 1.54) is 21.1 Å². The van der Waals surface area contributed by atoms with Crippen molar-refractivity contribution in [2.24, 2.45) is 5.92 Å². The summed E-state index contributed by atoms with van der Waals surface area (Å²) >= 11 is 2.96. The maximum Gasteiger partial charge on any atom is 0.407 e.